The second-order valence-corrected chi connectivity index (χ2v) is 2.77. The molecule has 0 fully saturated rings. The molecule has 0 aromatic carbocycles. The van der Waals surface area contributed by atoms with Crippen LogP contribution in [0.15, 0.2) is 24.5 Å². The molecule has 0 bridgehead atoms. The lowest BCUT2D eigenvalue weighted by molar-refractivity contribution is 0.0600. The van der Waals surface area contributed by atoms with Crippen molar-refractivity contribution in [3.63, 3.8) is 0 Å². The smallest absolute Gasteiger partial charge is 0.339 e. The van der Waals surface area contributed by atoms with E-state index in [1.54, 1.807) is 22.7 Å². The lowest BCUT2D eigenvalue weighted by Crippen LogP contribution is -2.02. The second-order valence-electron chi connectivity index (χ2n) is 2.77. The number of hydrogen-bond donors (Lipinski definition) is 1. The summed E-state index contributed by atoms with van der Waals surface area (Å²) in [6, 6.07) is 3.22. The van der Waals surface area contributed by atoms with E-state index in [1.165, 1.54) is 13.3 Å². The molecule has 0 radical (unpaired) electrons. The van der Waals surface area contributed by atoms with Gasteiger partial charge in [-0.2, -0.15) is 4.98 Å². The van der Waals surface area contributed by atoms with E-state index in [1.807, 2.05) is 0 Å². The molecule has 0 aliphatic heterocycles. The molecule has 0 amide bonds. The third kappa shape index (κ3) is 1.28. The van der Waals surface area contributed by atoms with Crippen LogP contribution in [0.2, 0.25) is 0 Å². The Kier molecular flexibility index (Phi) is 1.85. The number of methoxy groups -OCH3 is 1. The molecule has 0 atom stereocenters. The van der Waals surface area contributed by atoms with Gasteiger partial charge in [-0.25, -0.2) is 4.79 Å². The predicted octanol–water partition coefficient (Wildman–Crippen LogP) is 0.826. The van der Waals surface area contributed by atoms with Crippen LogP contribution < -0.4 is 0 Å². The minimum absolute atomic E-state index is 0.0768. The van der Waals surface area contributed by atoms with Crippen LogP contribution in [-0.4, -0.2) is 27.6 Å². The summed E-state index contributed by atoms with van der Waals surface area (Å²) in [5.74, 6) is -0.493. The summed E-state index contributed by atoms with van der Waals surface area (Å²) >= 11 is 0. The van der Waals surface area contributed by atoms with E-state index in [4.69, 9.17) is 5.11 Å². The van der Waals surface area contributed by atoms with Crippen molar-refractivity contribution < 1.29 is 14.6 Å². The standard InChI is InChI=1S/C9H8N2O3/c1-14-9(13)6-2-3-7-10-8(12)5-11(7)4-6/h2-5,12H,1H3. The van der Waals surface area contributed by atoms with Crippen LogP contribution in [0, 0.1) is 0 Å². The summed E-state index contributed by atoms with van der Waals surface area (Å²) in [4.78, 5) is 15.0. The van der Waals surface area contributed by atoms with Crippen molar-refractivity contribution in [2.24, 2.45) is 0 Å². The zero-order chi connectivity index (χ0) is 10.1. The van der Waals surface area contributed by atoms with E-state index >= 15 is 0 Å². The zero-order valence-electron chi connectivity index (χ0n) is 7.47. The molecule has 2 aromatic rings. The van der Waals surface area contributed by atoms with Crippen molar-refractivity contribution in [1.29, 1.82) is 0 Å². The highest BCUT2D eigenvalue weighted by molar-refractivity contribution is 5.89. The molecule has 0 saturated heterocycles. The zero-order valence-corrected chi connectivity index (χ0v) is 7.47. The Morgan fingerprint density at radius 2 is 2.29 bits per heavy atom. The van der Waals surface area contributed by atoms with Gasteiger partial charge in [0.2, 0.25) is 5.88 Å². The van der Waals surface area contributed by atoms with Crippen LogP contribution in [0.5, 0.6) is 5.88 Å². The van der Waals surface area contributed by atoms with Gasteiger partial charge in [-0.3, -0.25) is 0 Å². The summed E-state index contributed by atoms with van der Waals surface area (Å²) in [6.45, 7) is 0. The van der Waals surface area contributed by atoms with Gasteiger partial charge >= 0.3 is 5.97 Å². The number of aromatic hydroxyl groups is 1. The van der Waals surface area contributed by atoms with Crippen molar-refractivity contribution in [2.45, 2.75) is 0 Å². The molecule has 0 saturated carbocycles. The first-order valence-corrected chi connectivity index (χ1v) is 3.97. The van der Waals surface area contributed by atoms with Gasteiger partial charge in [0.1, 0.15) is 5.65 Å². The average molecular weight is 192 g/mol. The quantitative estimate of drug-likeness (QED) is 0.679. The number of carbonyl (C=O) groups excluding carboxylic acids is 1. The maximum Gasteiger partial charge on any atom is 0.339 e. The first kappa shape index (κ1) is 8.55. The molecule has 2 aromatic heterocycles. The fourth-order valence-electron chi connectivity index (χ4n) is 1.22. The number of esters is 1. The van der Waals surface area contributed by atoms with Crippen molar-refractivity contribution >= 4 is 11.6 Å². The fraction of sp³-hybridized carbons (Fsp3) is 0.111. The first-order chi connectivity index (χ1) is 6.70. The molecule has 2 rings (SSSR count). The summed E-state index contributed by atoms with van der Waals surface area (Å²) in [6.07, 6.45) is 2.97. The van der Waals surface area contributed by atoms with Gasteiger partial charge in [-0.1, -0.05) is 0 Å². The number of hydrogen-bond acceptors (Lipinski definition) is 4. The highest BCUT2D eigenvalue weighted by Crippen LogP contribution is 2.11. The summed E-state index contributed by atoms with van der Waals surface area (Å²) in [5.41, 5.74) is 0.993. The molecular formula is C9H8N2O3. The Labute approximate surface area is 79.6 Å². The topological polar surface area (TPSA) is 63.8 Å². The molecule has 0 aliphatic rings. The molecule has 0 aliphatic carbocycles. The minimum Gasteiger partial charge on any atom is -0.492 e. The second kappa shape index (κ2) is 3.02. The van der Waals surface area contributed by atoms with Crippen LogP contribution in [0.1, 0.15) is 10.4 Å². The number of imidazole rings is 1. The number of nitrogens with zero attached hydrogens (tertiary/aromatic N) is 2. The number of fused-ring (bicyclic) bond motifs is 1. The maximum absolute atomic E-state index is 11.1. The maximum atomic E-state index is 11.1. The van der Waals surface area contributed by atoms with Crippen molar-refractivity contribution in [3.8, 4) is 5.88 Å². The van der Waals surface area contributed by atoms with Gasteiger partial charge in [0.05, 0.1) is 18.9 Å². The molecule has 0 spiro atoms. The SMILES string of the molecule is COC(=O)c1ccc2nc(O)cn2c1. The fourth-order valence-corrected chi connectivity index (χ4v) is 1.22. The third-order valence-electron chi connectivity index (χ3n) is 1.86. The van der Waals surface area contributed by atoms with Gasteiger partial charge in [0.15, 0.2) is 0 Å². The number of rotatable bonds is 1. The summed E-state index contributed by atoms with van der Waals surface area (Å²) < 4.78 is 6.11. The van der Waals surface area contributed by atoms with Crippen LogP contribution in [-0.2, 0) is 4.74 Å². The van der Waals surface area contributed by atoms with Gasteiger partial charge in [0.25, 0.3) is 0 Å². The number of ether oxygens (including phenoxy) is 1. The molecule has 2 heterocycles. The van der Waals surface area contributed by atoms with E-state index < -0.39 is 5.97 Å². The Morgan fingerprint density at radius 3 is 3.00 bits per heavy atom. The lowest BCUT2D eigenvalue weighted by atomic mass is 10.3. The van der Waals surface area contributed by atoms with Gasteiger partial charge in [0, 0.05) is 6.20 Å². The van der Waals surface area contributed by atoms with Gasteiger partial charge in [-0.05, 0) is 12.1 Å². The normalized spacial score (nSPS) is 10.4. The minimum atomic E-state index is -0.417. The Morgan fingerprint density at radius 1 is 1.50 bits per heavy atom. The highest BCUT2D eigenvalue weighted by atomic mass is 16.5. The van der Waals surface area contributed by atoms with Gasteiger partial charge < -0.3 is 14.2 Å². The molecule has 14 heavy (non-hydrogen) atoms. The molecule has 5 heteroatoms. The van der Waals surface area contributed by atoms with Crippen LogP contribution in [0.3, 0.4) is 0 Å². The highest BCUT2D eigenvalue weighted by Gasteiger charge is 2.07. The monoisotopic (exact) mass is 192 g/mol. The summed E-state index contributed by atoms with van der Waals surface area (Å²) in [5, 5.41) is 9.09. The van der Waals surface area contributed by atoms with Crippen LogP contribution in [0.4, 0.5) is 0 Å². The Bertz CT molecular complexity index is 490. The first-order valence-electron chi connectivity index (χ1n) is 3.97. The largest absolute Gasteiger partial charge is 0.492 e. The van der Waals surface area contributed by atoms with E-state index in [0.717, 1.165) is 0 Å². The van der Waals surface area contributed by atoms with E-state index in [2.05, 4.69) is 9.72 Å². The molecular weight excluding hydrogens is 184 g/mol. The average Bonchev–Trinajstić information content (AvgIpc) is 2.55. The number of pyridine rings is 1. The predicted molar refractivity (Wildman–Crippen MR) is 48.2 cm³/mol. The Balaban J connectivity index is 2.55. The molecule has 1 N–H and O–H groups in total. The third-order valence-corrected chi connectivity index (χ3v) is 1.86. The lowest BCUT2D eigenvalue weighted by Gasteiger charge is -1.98. The number of aromatic nitrogens is 2. The van der Waals surface area contributed by atoms with Crippen molar-refractivity contribution in [3.05, 3.63) is 30.1 Å². The Hall–Kier alpha value is -2.04. The molecule has 5 nitrogen and oxygen atoms in total. The van der Waals surface area contributed by atoms with Crippen LogP contribution >= 0.6 is 0 Å². The van der Waals surface area contributed by atoms with Gasteiger partial charge in [-0.15, -0.1) is 0 Å². The van der Waals surface area contributed by atoms with Crippen LogP contribution in [0.25, 0.3) is 5.65 Å². The number of carbonyl (C=O) groups is 1. The van der Waals surface area contributed by atoms with E-state index in [-0.39, 0.29) is 5.88 Å². The van der Waals surface area contributed by atoms with E-state index in [0.29, 0.717) is 11.2 Å². The van der Waals surface area contributed by atoms with E-state index in [9.17, 15) is 4.79 Å². The molecule has 0 unspecified atom stereocenters. The van der Waals surface area contributed by atoms with Crippen molar-refractivity contribution in [2.75, 3.05) is 7.11 Å². The molecule has 72 valence electrons. The van der Waals surface area contributed by atoms with Crippen molar-refractivity contribution in [1.82, 2.24) is 9.38 Å². The summed E-state index contributed by atoms with van der Waals surface area (Å²) in [7, 11) is 1.32.